The zero-order chi connectivity index (χ0) is 8.85. The molecule has 0 fully saturated rings. The van der Waals surface area contributed by atoms with Crippen LogP contribution in [-0.2, 0) is 0 Å². The molecule has 0 spiro atoms. The third-order valence-electron chi connectivity index (χ3n) is 0.829. The highest BCUT2D eigenvalue weighted by atomic mass is 79.9. The molecule has 0 aromatic heterocycles. The van der Waals surface area contributed by atoms with Crippen molar-refractivity contribution in [1.29, 1.82) is 0 Å². The lowest BCUT2D eigenvalue weighted by Crippen LogP contribution is -2.07. The van der Waals surface area contributed by atoms with E-state index in [-0.39, 0.29) is 5.84 Å². The largest absolute Gasteiger partial charge is 0.358 e. The molecule has 0 saturated heterocycles. The van der Waals surface area contributed by atoms with E-state index in [2.05, 4.69) is 27.5 Å². The molecule has 0 heterocycles. The summed E-state index contributed by atoms with van der Waals surface area (Å²) in [6, 6.07) is 0. The minimum Gasteiger partial charge on any atom is -0.358 e. The van der Waals surface area contributed by atoms with Gasteiger partial charge in [0.05, 0.1) is 0 Å². The van der Waals surface area contributed by atoms with Gasteiger partial charge in [-0.25, -0.2) is 0 Å². The second kappa shape index (κ2) is 4.79. The Hall–Kier alpha value is -0.970. The summed E-state index contributed by atoms with van der Waals surface area (Å²) in [7, 11) is 1.36. The second-order valence-electron chi connectivity index (χ2n) is 1.62. The van der Waals surface area contributed by atoms with Gasteiger partial charge in [-0.15, -0.1) is 0 Å². The first-order chi connectivity index (χ1) is 5.07. The van der Waals surface area contributed by atoms with Gasteiger partial charge in [0.15, 0.2) is 0 Å². The summed E-state index contributed by atoms with van der Waals surface area (Å²) in [5, 5.41) is 10.1. The van der Waals surface area contributed by atoms with Gasteiger partial charge in [-0.1, -0.05) is 27.5 Å². The molecular formula is C6H7BrN2O2. The van der Waals surface area contributed by atoms with Crippen LogP contribution in [0.4, 0.5) is 0 Å². The Morgan fingerprint density at radius 3 is 2.55 bits per heavy atom. The number of hydrogen-bond acceptors (Lipinski definition) is 3. The van der Waals surface area contributed by atoms with E-state index < -0.39 is 4.92 Å². The molecule has 0 amide bonds. The molecule has 0 aliphatic heterocycles. The Morgan fingerprint density at radius 1 is 1.73 bits per heavy atom. The summed E-state index contributed by atoms with van der Waals surface area (Å²) in [5.41, 5.74) is 0. The van der Waals surface area contributed by atoms with Crippen molar-refractivity contribution < 1.29 is 4.92 Å². The van der Waals surface area contributed by atoms with Crippen LogP contribution in [0.25, 0.3) is 0 Å². The molecule has 0 aromatic carbocycles. The first-order valence-electron chi connectivity index (χ1n) is 2.71. The molecule has 5 heteroatoms. The van der Waals surface area contributed by atoms with Crippen molar-refractivity contribution in [2.45, 2.75) is 0 Å². The Morgan fingerprint density at radius 2 is 2.27 bits per heavy atom. The van der Waals surface area contributed by atoms with Gasteiger partial charge in [-0.2, -0.15) is 0 Å². The first-order valence-corrected chi connectivity index (χ1v) is 3.51. The molecule has 0 aliphatic carbocycles. The van der Waals surface area contributed by atoms with Crippen molar-refractivity contribution in [2.24, 2.45) is 4.99 Å². The molecule has 0 unspecified atom stereocenters. The highest BCUT2D eigenvalue weighted by Crippen LogP contribution is 2.01. The number of rotatable bonds is 2. The van der Waals surface area contributed by atoms with Gasteiger partial charge in [0.2, 0.25) is 0 Å². The minimum absolute atomic E-state index is 0.189. The Balaban J connectivity index is 4.34. The predicted molar refractivity (Wildman–Crippen MR) is 47.6 cm³/mol. The van der Waals surface area contributed by atoms with Crippen molar-refractivity contribution in [3.8, 4) is 0 Å². The molecule has 0 aliphatic rings. The van der Waals surface area contributed by atoms with E-state index in [9.17, 15) is 10.1 Å². The summed E-state index contributed by atoms with van der Waals surface area (Å²) in [5.74, 6) is -0.189. The van der Waals surface area contributed by atoms with Crippen LogP contribution in [0.5, 0.6) is 0 Å². The fraction of sp³-hybridized carbons (Fsp3) is 0.167. The molecule has 11 heavy (non-hydrogen) atoms. The number of allylic oxidation sites excluding steroid dienone is 2. The maximum atomic E-state index is 10.1. The van der Waals surface area contributed by atoms with Crippen LogP contribution in [0, 0.1) is 10.1 Å². The van der Waals surface area contributed by atoms with Crippen molar-refractivity contribution >= 4 is 21.8 Å². The highest BCUT2D eigenvalue weighted by Gasteiger charge is 2.02. The predicted octanol–water partition coefficient (Wildman–Crippen LogP) is 1.76. The average Bonchev–Trinajstić information content (AvgIpc) is 1.87. The van der Waals surface area contributed by atoms with Crippen LogP contribution in [0.3, 0.4) is 0 Å². The normalized spacial score (nSPS) is 12.0. The van der Waals surface area contributed by atoms with Crippen molar-refractivity contribution in [1.82, 2.24) is 0 Å². The van der Waals surface area contributed by atoms with Gasteiger partial charge in [0, 0.05) is 10.6 Å². The van der Waals surface area contributed by atoms with Crippen LogP contribution in [0.1, 0.15) is 0 Å². The number of nitro groups is 1. The quantitative estimate of drug-likeness (QED) is 0.233. The Kier molecular flexibility index (Phi) is 4.36. The lowest BCUT2D eigenvalue weighted by molar-refractivity contribution is -0.348. The Labute approximate surface area is 72.6 Å². The molecule has 0 aromatic rings. The third kappa shape index (κ3) is 4.44. The van der Waals surface area contributed by atoms with Crippen LogP contribution >= 0.6 is 15.9 Å². The molecule has 60 valence electrons. The molecule has 0 radical (unpaired) electrons. The van der Waals surface area contributed by atoms with Gasteiger partial charge >= 0.3 is 5.84 Å². The van der Waals surface area contributed by atoms with E-state index in [4.69, 9.17) is 0 Å². The van der Waals surface area contributed by atoms with E-state index in [1.54, 1.807) is 0 Å². The molecule has 0 saturated carbocycles. The van der Waals surface area contributed by atoms with Crippen LogP contribution in [0.2, 0.25) is 0 Å². The van der Waals surface area contributed by atoms with Crippen molar-refractivity contribution in [2.75, 3.05) is 7.05 Å². The molecule has 0 N–H and O–H groups in total. The lowest BCUT2D eigenvalue weighted by atomic mass is 10.4. The van der Waals surface area contributed by atoms with Gasteiger partial charge in [-0.05, 0) is 11.0 Å². The topological polar surface area (TPSA) is 55.5 Å². The van der Waals surface area contributed by atoms with E-state index >= 15 is 0 Å². The first kappa shape index (κ1) is 10.0. The Bertz CT molecular complexity index is 233. The monoisotopic (exact) mass is 218 g/mol. The highest BCUT2D eigenvalue weighted by molar-refractivity contribution is 9.11. The maximum absolute atomic E-state index is 10.1. The van der Waals surface area contributed by atoms with Gasteiger partial charge in [-0.3, -0.25) is 0 Å². The summed E-state index contributed by atoms with van der Waals surface area (Å²) in [6.07, 6.45) is 2.74. The third-order valence-corrected chi connectivity index (χ3v) is 1.09. The zero-order valence-electron chi connectivity index (χ0n) is 5.95. The van der Waals surface area contributed by atoms with E-state index in [0.717, 1.165) is 0 Å². The smallest absolute Gasteiger partial charge is 0.357 e. The second-order valence-corrected chi connectivity index (χ2v) is 2.64. The number of hydrogen-bond donors (Lipinski definition) is 0. The lowest BCUT2D eigenvalue weighted by Gasteiger charge is -1.89. The molecule has 0 rings (SSSR count). The molecule has 4 nitrogen and oxygen atoms in total. The SMILES string of the molecule is C=C(Br)/C=C\C(=N/C)[N+](=O)[O-]. The number of amidine groups is 1. The molecule has 0 bridgehead atoms. The summed E-state index contributed by atoms with van der Waals surface area (Å²) in [6.45, 7) is 3.47. The van der Waals surface area contributed by atoms with Crippen molar-refractivity contribution in [3.05, 3.63) is 33.3 Å². The zero-order valence-corrected chi connectivity index (χ0v) is 7.54. The number of nitrogens with zero attached hydrogens (tertiary/aromatic N) is 2. The van der Waals surface area contributed by atoms with Crippen LogP contribution in [-0.4, -0.2) is 17.8 Å². The standard InChI is InChI=1S/C6H7BrN2O2/c1-5(7)3-4-6(8-2)9(10)11/h3-4H,1H2,2H3/b4-3-,8-6+. The van der Waals surface area contributed by atoms with Crippen LogP contribution < -0.4 is 0 Å². The van der Waals surface area contributed by atoms with Gasteiger partial charge in [0.25, 0.3) is 0 Å². The fourth-order valence-corrected chi connectivity index (χ4v) is 0.514. The van der Waals surface area contributed by atoms with Gasteiger partial charge < -0.3 is 10.1 Å². The minimum atomic E-state index is -0.563. The van der Waals surface area contributed by atoms with E-state index in [1.807, 2.05) is 0 Å². The summed E-state index contributed by atoms with van der Waals surface area (Å²) >= 11 is 3.02. The summed E-state index contributed by atoms with van der Waals surface area (Å²) in [4.78, 5) is 13.0. The molecular weight excluding hydrogens is 212 g/mol. The summed E-state index contributed by atoms with van der Waals surface area (Å²) < 4.78 is 0.570. The molecule has 0 atom stereocenters. The van der Waals surface area contributed by atoms with Gasteiger partial charge in [0.1, 0.15) is 7.05 Å². The van der Waals surface area contributed by atoms with E-state index in [0.29, 0.717) is 4.48 Å². The fourth-order valence-electron chi connectivity index (χ4n) is 0.382. The van der Waals surface area contributed by atoms with Crippen LogP contribution in [0.15, 0.2) is 28.2 Å². The maximum Gasteiger partial charge on any atom is 0.357 e. The number of aliphatic imine (C=N–C) groups is 1. The van der Waals surface area contributed by atoms with E-state index in [1.165, 1.54) is 19.2 Å². The number of halogens is 1. The average molecular weight is 219 g/mol. The van der Waals surface area contributed by atoms with Crippen molar-refractivity contribution in [3.63, 3.8) is 0 Å².